The summed E-state index contributed by atoms with van der Waals surface area (Å²) in [7, 11) is 4.63. The van der Waals surface area contributed by atoms with Crippen LogP contribution in [-0.4, -0.2) is 49.1 Å². The Morgan fingerprint density at radius 3 is 1.49 bits per heavy atom. The molecule has 0 aliphatic heterocycles. The van der Waals surface area contributed by atoms with E-state index in [2.05, 4.69) is 84.6 Å². The first-order valence-electron chi connectivity index (χ1n) is 15.2. The molecule has 3 aliphatic carbocycles. The highest BCUT2D eigenvalue weighted by atomic mass is 15.1. The molecule has 0 aromatic heterocycles. The zero-order chi connectivity index (χ0) is 25.5. The molecule has 2 saturated carbocycles. The van der Waals surface area contributed by atoms with Crippen molar-refractivity contribution in [1.82, 2.24) is 9.80 Å². The molecule has 198 valence electrons. The van der Waals surface area contributed by atoms with Gasteiger partial charge in [0.2, 0.25) is 0 Å². The van der Waals surface area contributed by atoms with E-state index in [0.29, 0.717) is 0 Å². The molecule has 0 N–H and O–H groups in total. The molecule has 0 saturated heterocycles. The first-order valence-corrected chi connectivity index (χ1v) is 15.2. The molecule has 0 atom stereocenters. The van der Waals surface area contributed by atoms with Crippen molar-refractivity contribution in [2.45, 2.75) is 95.6 Å². The van der Waals surface area contributed by atoms with Crippen LogP contribution in [0.1, 0.15) is 99.3 Å². The van der Waals surface area contributed by atoms with Gasteiger partial charge < -0.3 is 9.80 Å². The van der Waals surface area contributed by atoms with Crippen LogP contribution in [0.5, 0.6) is 0 Å². The van der Waals surface area contributed by atoms with Crippen LogP contribution in [0.25, 0.3) is 23.3 Å². The molecule has 2 heteroatoms. The highest BCUT2D eigenvalue weighted by Crippen LogP contribution is 2.38. The third-order valence-electron chi connectivity index (χ3n) is 9.24. The fourth-order valence-electron chi connectivity index (χ4n) is 6.86. The van der Waals surface area contributed by atoms with Crippen LogP contribution < -0.4 is 0 Å². The van der Waals surface area contributed by atoms with E-state index in [1.54, 1.807) is 0 Å². The minimum atomic E-state index is 0.809. The molecule has 37 heavy (non-hydrogen) atoms. The summed E-state index contributed by atoms with van der Waals surface area (Å²) in [5, 5.41) is 0. The number of nitrogens with zero attached hydrogens (tertiary/aromatic N) is 2. The Hall–Kier alpha value is -2.16. The number of hydrogen-bond acceptors (Lipinski definition) is 2. The topological polar surface area (TPSA) is 6.48 Å². The molecule has 0 amide bonds. The fraction of sp³-hybridized carbons (Fsp3) is 0.543. The molecule has 5 rings (SSSR count). The Morgan fingerprint density at radius 1 is 0.622 bits per heavy atom. The normalized spacial score (nSPS) is 18.9. The smallest absolute Gasteiger partial charge is 0.00923 e. The van der Waals surface area contributed by atoms with Crippen molar-refractivity contribution in [1.29, 1.82) is 0 Å². The number of fused-ring (bicyclic) bond motifs is 3. The second-order valence-corrected chi connectivity index (χ2v) is 11.9. The molecule has 0 spiro atoms. The Labute approximate surface area is 226 Å². The minimum Gasteiger partial charge on any atom is -0.303 e. The average Bonchev–Trinajstić information content (AvgIpc) is 3.31. The predicted molar refractivity (Wildman–Crippen MR) is 161 cm³/mol. The molecular weight excluding hydrogens is 448 g/mol. The molecule has 0 heterocycles. The average molecular weight is 497 g/mol. The quantitative estimate of drug-likeness (QED) is 0.277. The van der Waals surface area contributed by atoms with E-state index in [1.807, 2.05) is 0 Å². The van der Waals surface area contributed by atoms with E-state index in [-0.39, 0.29) is 0 Å². The maximum absolute atomic E-state index is 2.59. The molecule has 0 radical (unpaired) electrons. The van der Waals surface area contributed by atoms with Gasteiger partial charge in [-0.25, -0.2) is 0 Å². The maximum atomic E-state index is 2.59. The largest absolute Gasteiger partial charge is 0.303 e. The molecule has 3 aliphatic rings. The lowest BCUT2D eigenvalue weighted by Crippen LogP contribution is -2.33. The Balaban J connectivity index is 1.11. The van der Waals surface area contributed by atoms with Crippen LogP contribution >= 0.6 is 0 Å². The highest BCUT2D eigenvalue weighted by Gasteiger charge is 2.19. The van der Waals surface area contributed by atoms with Gasteiger partial charge in [-0.05, 0) is 92.4 Å². The van der Waals surface area contributed by atoms with Gasteiger partial charge in [0.15, 0.2) is 0 Å². The van der Waals surface area contributed by atoms with Crippen LogP contribution in [0.3, 0.4) is 0 Å². The van der Waals surface area contributed by atoms with Gasteiger partial charge in [0, 0.05) is 25.2 Å². The van der Waals surface area contributed by atoms with E-state index in [9.17, 15) is 0 Å². The first kappa shape index (κ1) is 26.4. The van der Waals surface area contributed by atoms with Crippen molar-refractivity contribution in [2.75, 3.05) is 27.2 Å². The molecular formula is C35H48N2. The van der Waals surface area contributed by atoms with E-state index >= 15 is 0 Å². The lowest BCUT2D eigenvalue weighted by Gasteiger charge is -2.30. The monoisotopic (exact) mass is 496 g/mol. The SMILES string of the molecule is CN(CC/C=C/c1ccc2c(c1)Cc1cc(/C=C/CCN(C)C3CCCCC3)ccc1-2)C1CCCCC1. The third-order valence-corrected chi connectivity index (χ3v) is 9.24. The van der Waals surface area contributed by atoms with Gasteiger partial charge in [-0.15, -0.1) is 0 Å². The molecule has 2 nitrogen and oxygen atoms in total. The minimum absolute atomic E-state index is 0.809. The van der Waals surface area contributed by atoms with Crippen LogP contribution in [0, 0.1) is 0 Å². The lowest BCUT2D eigenvalue weighted by molar-refractivity contribution is 0.195. The molecule has 0 bridgehead atoms. The molecule has 0 unspecified atom stereocenters. The van der Waals surface area contributed by atoms with Gasteiger partial charge in [-0.1, -0.05) is 99.2 Å². The van der Waals surface area contributed by atoms with Gasteiger partial charge in [-0.3, -0.25) is 0 Å². The first-order chi connectivity index (χ1) is 18.2. The zero-order valence-electron chi connectivity index (χ0n) is 23.4. The van der Waals surface area contributed by atoms with Gasteiger partial charge in [0.25, 0.3) is 0 Å². The summed E-state index contributed by atoms with van der Waals surface area (Å²) in [4.78, 5) is 5.17. The van der Waals surface area contributed by atoms with Crippen LogP contribution in [0.4, 0.5) is 0 Å². The van der Waals surface area contributed by atoms with Crippen LogP contribution in [-0.2, 0) is 6.42 Å². The second-order valence-electron chi connectivity index (χ2n) is 11.9. The summed E-state index contributed by atoms with van der Waals surface area (Å²) in [5.41, 5.74) is 8.49. The van der Waals surface area contributed by atoms with Crippen molar-refractivity contribution in [3.8, 4) is 11.1 Å². The Bertz CT molecular complexity index is 983. The predicted octanol–water partition coefficient (Wildman–Crippen LogP) is 8.59. The number of benzene rings is 2. The van der Waals surface area contributed by atoms with Crippen molar-refractivity contribution in [3.05, 3.63) is 70.8 Å². The Morgan fingerprint density at radius 2 is 1.05 bits per heavy atom. The standard InChI is InChI=1S/C35H48N2/c1-36(32-15-5-3-6-16-32)23-11-9-13-28-19-21-34-30(25-28)27-31-26-29(20-22-35(31)34)14-10-12-24-37(2)33-17-7-4-8-18-33/h9-10,13-14,19-22,25-26,32-33H,3-8,11-12,15-18,23-24,27H2,1-2H3/b13-9+,14-10+. The van der Waals surface area contributed by atoms with Gasteiger partial charge in [-0.2, -0.15) is 0 Å². The van der Waals surface area contributed by atoms with Crippen molar-refractivity contribution >= 4 is 12.2 Å². The van der Waals surface area contributed by atoms with Crippen molar-refractivity contribution < 1.29 is 0 Å². The zero-order valence-corrected chi connectivity index (χ0v) is 23.4. The molecule has 2 aromatic rings. The van der Waals surface area contributed by atoms with E-state index < -0.39 is 0 Å². The fourth-order valence-corrected chi connectivity index (χ4v) is 6.86. The molecule has 2 fully saturated rings. The summed E-state index contributed by atoms with van der Waals surface area (Å²) < 4.78 is 0. The van der Waals surface area contributed by atoms with Crippen LogP contribution in [0.15, 0.2) is 48.6 Å². The molecule has 2 aromatic carbocycles. The van der Waals surface area contributed by atoms with Gasteiger partial charge in [0.1, 0.15) is 0 Å². The summed E-state index contributed by atoms with van der Waals surface area (Å²) in [5.74, 6) is 0. The second kappa shape index (κ2) is 13.1. The highest BCUT2D eigenvalue weighted by molar-refractivity contribution is 5.79. The van der Waals surface area contributed by atoms with Gasteiger partial charge in [0.05, 0.1) is 0 Å². The summed E-state index contributed by atoms with van der Waals surface area (Å²) in [6.45, 7) is 2.34. The van der Waals surface area contributed by atoms with Crippen LogP contribution in [0.2, 0.25) is 0 Å². The van der Waals surface area contributed by atoms with Crippen molar-refractivity contribution in [3.63, 3.8) is 0 Å². The number of hydrogen-bond donors (Lipinski definition) is 0. The maximum Gasteiger partial charge on any atom is 0.00923 e. The number of rotatable bonds is 10. The van der Waals surface area contributed by atoms with E-state index in [1.165, 1.54) is 111 Å². The third kappa shape index (κ3) is 7.03. The lowest BCUT2D eigenvalue weighted by atomic mass is 9.94. The summed E-state index contributed by atoms with van der Waals surface area (Å²) in [6, 6.07) is 15.7. The van der Waals surface area contributed by atoms with E-state index in [4.69, 9.17) is 0 Å². The summed E-state index contributed by atoms with van der Waals surface area (Å²) >= 11 is 0. The van der Waals surface area contributed by atoms with Gasteiger partial charge >= 0.3 is 0 Å². The van der Waals surface area contributed by atoms with E-state index in [0.717, 1.165) is 31.3 Å². The van der Waals surface area contributed by atoms with Crippen molar-refractivity contribution in [2.24, 2.45) is 0 Å². The Kier molecular flexibility index (Phi) is 9.34. The summed E-state index contributed by atoms with van der Waals surface area (Å²) in [6.07, 6.45) is 26.8.